The molecule has 1 fully saturated rings. The first kappa shape index (κ1) is 12.1. The van der Waals surface area contributed by atoms with Crippen LogP contribution in [0.5, 0.6) is 0 Å². The molecule has 1 saturated heterocycles. The maximum absolute atomic E-state index is 12.2. The van der Waals surface area contributed by atoms with Crippen LogP contribution < -0.4 is 11.1 Å². The van der Waals surface area contributed by atoms with E-state index in [9.17, 15) is 9.59 Å². The van der Waals surface area contributed by atoms with Crippen molar-refractivity contribution < 1.29 is 9.59 Å². The highest BCUT2D eigenvalue weighted by atomic mass is 32.1. The fraction of sp³-hybridized carbons (Fsp3) is 0.455. The largest absolute Gasteiger partial charge is 0.368 e. The van der Waals surface area contributed by atoms with E-state index in [1.54, 1.807) is 11.0 Å². The van der Waals surface area contributed by atoms with Crippen molar-refractivity contribution in [2.75, 3.05) is 19.6 Å². The van der Waals surface area contributed by atoms with Crippen LogP contribution in [0.25, 0.3) is 0 Å². The molecule has 1 atom stereocenters. The van der Waals surface area contributed by atoms with Gasteiger partial charge in [-0.3, -0.25) is 9.59 Å². The van der Waals surface area contributed by atoms with Crippen molar-refractivity contribution in [3.63, 3.8) is 0 Å². The van der Waals surface area contributed by atoms with Gasteiger partial charge in [0.05, 0.1) is 4.88 Å². The number of nitrogens with zero attached hydrogens (tertiary/aromatic N) is 1. The van der Waals surface area contributed by atoms with E-state index < -0.39 is 11.9 Å². The summed E-state index contributed by atoms with van der Waals surface area (Å²) in [6.07, 6.45) is 0. The summed E-state index contributed by atoms with van der Waals surface area (Å²) in [6, 6.07) is 3.15. The first-order valence-corrected chi connectivity index (χ1v) is 6.28. The van der Waals surface area contributed by atoms with Crippen LogP contribution in [-0.4, -0.2) is 42.4 Å². The average Bonchev–Trinajstić information content (AvgIpc) is 2.75. The minimum atomic E-state index is -0.543. The summed E-state index contributed by atoms with van der Waals surface area (Å²) < 4.78 is 0. The Morgan fingerprint density at radius 1 is 1.53 bits per heavy atom. The van der Waals surface area contributed by atoms with Crippen LogP contribution in [0.2, 0.25) is 0 Å². The molecule has 92 valence electrons. The highest BCUT2D eigenvalue weighted by Gasteiger charge is 2.31. The molecule has 2 heterocycles. The van der Waals surface area contributed by atoms with Crippen molar-refractivity contribution in [2.45, 2.75) is 13.0 Å². The van der Waals surface area contributed by atoms with Crippen molar-refractivity contribution in [3.8, 4) is 0 Å². The van der Waals surface area contributed by atoms with Gasteiger partial charge in [0.15, 0.2) is 0 Å². The van der Waals surface area contributed by atoms with Crippen LogP contribution in [0.15, 0.2) is 12.1 Å². The van der Waals surface area contributed by atoms with Crippen molar-refractivity contribution in [1.29, 1.82) is 0 Å². The number of amides is 2. The van der Waals surface area contributed by atoms with Gasteiger partial charge in [-0.05, 0) is 19.1 Å². The molecule has 0 bridgehead atoms. The van der Waals surface area contributed by atoms with E-state index in [0.29, 0.717) is 24.5 Å². The number of nitrogens with one attached hydrogen (secondary N) is 1. The third-order valence-electron chi connectivity index (χ3n) is 2.78. The molecule has 0 spiro atoms. The minimum Gasteiger partial charge on any atom is -0.368 e. The molecule has 0 saturated carbocycles. The number of hydrogen-bond acceptors (Lipinski definition) is 4. The van der Waals surface area contributed by atoms with Crippen molar-refractivity contribution >= 4 is 23.2 Å². The predicted molar refractivity (Wildman–Crippen MR) is 65.9 cm³/mol. The third-order valence-corrected chi connectivity index (χ3v) is 3.77. The number of piperazine rings is 1. The summed E-state index contributed by atoms with van der Waals surface area (Å²) in [6.45, 7) is 3.60. The molecule has 2 rings (SSSR count). The van der Waals surface area contributed by atoms with Crippen LogP contribution >= 0.6 is 11.3 Å². The molecule has 1 aromatic heterocycles. The Morgan fingerprint density at radius 2 is 2.29 bits per heavy atom. The molecule has 1 aliphatic heterocycles. The van der Waals surface area contributed by atoms with E-state index in [1.165, 1.54) is 11.3 Å². The maximum Gasteiger partial charge on any atom is 0.264 e. The summed E-state index contributed by atoms with van der Waals surface area (Å²) in [5.41, 5.74) is 5.31. The molecule has 1 aliphatic rings. The van der Waals surface area contributed by atoms with Crippen LogP contribution in [0.1, 0.15) is 14.5 Å². The molecule has 1 aromatic rings. The number of carbonyl (C=O) groups is 2. The molecule has 0 aromatic carbocycles. The van der Waals surface area contributed by atoms with Gasteiger partial charge in [-0.1, -0.05) is 0 Å². The lowest BCUT2D eigenvalue weighted by Gasteiger charge is -2.33. The van der Waals surface area contributed by atoms with E-state index in [-0.39, 0.29) is 5.91 Å². The molecule has 5 nitrogen and oxygen atoms in total. The second-order valence-corrected chi connectivity index (χ2v) is 5.32. The van der Waals surface area contributed by atoms with Gasteiger partial charge in [-0.25, -0.2) is 0 Å². The third kappa shape index (κ3) is 2.48. The van der Waals surface area contributed by atoms with Gasteiger partial charge in [0.2, 0.25) is 5.91 Å². The average molecular weight is 253 g/mol. The number of hydrogen-bond donors (Lipinski definition) is 2. The summed E-state index contributed by atoms with van der Waals surface area (Å²) in [5.74, 6) is -0.563. The molecular formula is C11H15N3O2S. The maximum atomic E-state index is 12.2. The topological polar surface area (TPSA) is 75.4 Å². The Kier molecular flexibility index (Phi) is 3.44. The Balaban J connectivity index is 2.19. The molecule has 1 unspecified atom stereocenters. The van der Waals surface area contributed by atoms with E-state index in [2.05, 4.69) is 5.32 Å². The number of aryl methyl sites for hydroxylation is 1. The SMILES string of the molecule is Cc1ccc(C(=O)N2CCNCC2C(N)=O)s1. The number of nitrogens with two attached hydrogens (primary N) is 1. The lowest BCUT2D eigenvalue weighted by molar-refractivity contribution is -0.122. The van der Waals surface area contributed by atoms with Crippen molar-refractivity contribution in [1.82, 2.24) is 10.2 Å². The fourth-order valence-electron chi connectivity index (χ4n) is 1.89. The second kappa shape index (κ2) is 4.85. The van der Waals surface area contributed by atoms with Gasteiger partial charge in [0, 0.05) is 24.5 Å². The lowest BCUT2D eigenvalue weighted by Crippen LogP contribution is -2.58. The Hall–Kier alpha value is -1.40. The van der Waals surface area contributed by atoms with E-state index >= 15 is 0 Å². The van der Waals surface area contributed by atoms with Gasteiger partial charge >= 0.3 is 0 Å². The summed E-state index contributed by atoms with van der Waals surface area (Å²) in [4.78, 5) is 26.8. The highest BCUT2D eigenvalue weighted by Crippen LogP contribution is 2.19. The van der Waals surface area contributed by atoms with Gasteiger partial charge in [0.1, 0.15) is 6.04 Å². The molecule has 3 N–H and O–H groups in total. The minimum absolute atomic E-state index is 0.103. The van der Waals surface area contributed by atoms with Crippen molar-refractivity contribution in [2.24, 2.45) is 5.73 Å². The Bertz CT molecular complexity index is 444. The number of carbonyl (C=O) groups excluding carboxylic acids is 2. The van der Waals surface area contributed by atoms with Gasteiger partial charge < -0.3 is 16.0 Å². The van der Waals surface area contributed by atoms with Gasteiger partial charge in [-0.2, -0.15) is 0 Å². The predicted octanol–water partition coefficient (Wildman–Crippen LogP) is -0.0442. The fourth-order valence-corrected chi connectivity index (χ4v) is 2.72. The van der Waals surface area contributed by atoms with E-state index in [0.717, 1.165) is 4.88 Å². The summed E-state index contributed by atoms with van der Waals surface area (Å²) in [7, 11) is 0. The summed E-state index contributed by atoms with van der Waals surface area (Å²) >= 11 is 1.44. The zero-order valence-electron chi connectivity index (χ0n) is 9.60. The Labute approximate surface area is 104 Å². The quantitative estimate of drug-likeness (QED) is 0.776. The number of rotatable bonds is 2. The zero-order valence-corrected chi connectivity index (χ0v) is 10.4. The van der Waals surface area contributed by atoms with Crippen LogP contribution in [-0.2, 0) is 4.79 Å². The molecule has 0 radical (unpaired) electrons. The first-order chi connectivity index (χ1) is 8.09. The molecule has 6 heteroatoms. The smallest absolute Gasteiger partial charge is 0.264 e. The monoisotopic (exact) mass is 253 g/mol. The Morgan fingerprint density at radius 3 is 2.88 bits per heavy atom. The van der Waals surface area contributed by atoms with Gasteiger partial charge in [-0.15, -0.1) is 11.3 Å². The van der Waals surface area contributed by atoms with Crippen LogP contribution in [0, 0.1) is 6.92 Å². The number of primary amides is 1. The van der Waals surface area contributed by atoms with E-state index in [1.807, 2.05) is 13.0 Å². The lowest BCUT2D eigenvalue weighted by atomic mass is 10.1. The first-order valence-electron chi connectivity index (χ1n) is 5.47. The molecular weight excluding hydrogens is 238 g/mol. The van der Waals surface area contributed by atoms with Crippen LogP contribution in [0.3, 0.4) is 0 Å². The molecule has 0 aliphatic carbocycles. The van der Waals surface area contributed by atoms with Crippen molar-refractivity contribution in [3.05, 3.63) is 21.9 Å². The highest BCUT2D eigenvalue weighted by molar-refractivity contribution is 7.13. The van der Waals surface area contributed by atoms with Gasteiger partial charge in [0.25, 0.3) is 5.91 Å². The van der Waals surface area contributed by atoms with E-state index in [4.69, 9.17) is 5.73 Å². The zero-order chi connectivity index (χ0) is 12.4. The number of thiophene rings is 1. The van der Waals surface area contributed by atoms with Crippen LogP contribution in [0.4, 0.5) is 0 Å². The molecule has 17 heavy (non-hydrogen) atoms. The molecule has 2 amide bonds. The normalized spacial score (nSPS) is 20.3. The summed E-state index contributed by atoms with van der Waals surface area (Å²) in [5, 5.41) is 3.07. The standard InChI is InChI=1S/C11H15N3O2S/c1-7-2-3-9(17-7)11(16)14-5-4-13-6-8(14)10(12)15/h2-3,8,13H,4-6H2,1H3,(H2,12,15). The second-order valence-electron chi connectivity index (χ2n) is 4.03.